The lowest BCUT2D eigenvalue weighted by Gasteiger charge is -2.01. The molecule has 3 aromatic rings. The van der Waals surface area contributed by atoms with E-state index in [1.807, 2.05) is 35.7 Å². The summed E-state index contributed by atoms with van der Waals surface area (Å²) in [5.74, 6) is 0.208. The Morgan fingerprint density at radius 2 is 2.11 bits per heavy atom. The highest BCUT2D eigenvalue weighted by atomic mass is 32.1. The number of amides is 1. The van der Waals surface area contributed by atoms with Crippen LogP contribution in [0.25, 0.3) is 11.0 Å². The van der Waals surface area contributed by atoms with E-state index in [9.17, 15) is 4.79 Å². The fourth-order valence-corrected chi connectivity index (χ4v) is 2.64. The van der Waals surface area contributed by atoms with Gasteiger partial charge in [-0.05, 0) is 30.0 Å². The normalized spacial score (nSPS) is 10.7. The number of furan rings is 1. The summed E-state index contributed by atoms with van der Waals surface area (Å²) in [6.07, 6.45) is 0.851. The molecule has 0 fully saturated rings. The number of benzene rings is 1. The van der Waals surface area contributed by atoms with Crippen LogP contribution in [0.3, 0.4) is 0 Å². The Hall–Kier alpha value is -2.07. The Balaban J connectivity index is 1.63. The molecular formula is C15H13NO2S. The molecule has 2 heterocycles. The summed E-state index contributed by atoms with van der Waals surface area (Å²) in [5.41, 5.74) is 0.742. The van der Waals surface area contributed by atoms with Crippen LogP contribution in [0.2, 0.25) is 0 Å². The fraction of sp³-hybridized carbons (Fsp3) is 0.133. The van der Waals surface area contributed by atoms with Crippen molar-refractivity contribution in [2.75, 3.05) is 6.54 Å². The molecule has 4 heteroatoms. The summed E-state index contributed by atoms with van der Waals surface area (Å²) in [4.78, 5) is 13.2. The van der Waals surface area contributed by atoms with Crippen molar-refractivity contribution in [1.29, 1.82) is 0 Å². The molecule has 3 nitrogen and oxygen atoms in total. The third kappa shape index (κ3) is 2.69. The minimum absolute atomic E-state index is 0.159. The molecule has 1 N–H and O–H groups in total. The zero-order valence-corrected chi connectivity index (χ0v) is 11.1. The number of thiophene rings is 1. The molecule has 0 saturated heterocycles. The van der Waals surface area contributed by atoms with Crippen LogP contribution >= 0.6 is 11.3 Å². The van der Waals surface area contributed by atoms with Crippen molar-refractivity contribution in [3.8, 4) is 0 Å². The van der Waals surface area contributed by atoms with Gasteiger partial charge in [-0.3, -0.25) is 4.79 Å². The molecule has 0 aliphatic rings. The van der Waals surface area contributed by atoms with Gasteiger partial charge in [0.15, 0.2) is 5.76 Å². The molecule has 0 saturated carbocycles. The highest BCUT2D eigenvalue weighted by Crippen LogP contribution is 2.18. The van der Waals surface area contributed by atoms with Crippen molar-refractivity contribution >= 4 is 28.2 Å². The van der Waals surface area contributed by atoms with Gasteiger partial charge in [-0.2, -0.15) is 0 Å². The van der Waals surface area contributed by atoms with Gasteiger partial charge in [0.05, 0.1) is 0 Å². The lowest BCUT2D eigenvalue weighted by atomic mass is 10.2. The number of hydrogen-bond acceptors (Lipinski definition) is 3. The van der Waals surface area contributed by atoms with Crippen LogP contribution in [0.15, 0.2) is 52.3 Å². The topological polar surface area (TPSA) is 42.2 Å². The van der Waals surface area contributed by atoms with Gasteiger partial charge >= 0.3 is 0 Å². The lowest BCUT2D eigenvalue weighted by molar-refractivity contribution is 0.0928. The second-order valence-corrected chi connectivity index (χ2v) is 5.27. The monoisotopic (exact) mass is 271 g/mol. The van der Waals surface area contributed by atoms with E-state index in [1.54, 1.807) is 17.4 Å². The predicted molar refractivity (Wildman–Crippen MR) is 76.6 cm³/mol. The van der Waals surface area contributed by atoms with Crippen molar-refractivity contribution in [3.05, 3.63) is 58.5 Å². The number of rotatable bonds is 4. The highest BCUT2D eigenvalue weighted by Gasteiger charge is 2.11. The first-order valence-electron chi connectivity index (χ1n) is 6.12. The molecule has 3 rings (SSSR count). The molecule has 2 aromatic heterocycles. The van der Waals surface area contributed by atoms with Crippen molar-refractivity contribution in [1.82, 2.24) is 5.32 Å². The van der Waals surface area contributed by atoms with E-state index < -0.39 is 0 Å². The number of fused-ring (bicyclic) bond motifs is 1. The SMILES string of the molecule is O=C(NCCc1cccs1)c1cc2ccccc2o1. The first kappa shape index (κ1) is 12.0. The third-order valence-corrected chi connectivity index (χ3v) is 3.82. The van der Waals surface area contributed by atoms with Gasteiger partial charge in [0.25, 0.3) is 5.91 Å². The smallest absolute Gasteiger partial charge is 0.287 e. The van der Waals surface area contributed by atoms with Crippen molar-refractivity contribution < 1.29 is 9.21 Å². The van der Waals surface area contributed by atoms with Crippen LogP contribution in [0.4, 0.5) is 0 Å². The number of hydrogen-bond donors (Lipinski definition) is 1. The molecule has 0 radical (unpaired) electrons. The largest absolute Gasteiger partial charge is 0.451 e. The van der Waals surface area contributed by atoms with E-state index >= 15 is 0 Å². The zero-order chi connectivity index (χ0) is 13.1. The minimum atomic E-state index is -0.159. The average Bonchev–Trinajstić information content (AvgIpc) is 3.07. The van der Waals surface area contributed by atoms with Gasteiger partial charge in [-0.1, -0.05) is 24.3 Å². The first-order valence-corrected chi connectivity index (χ1v) is 7.00. The maximum absolute atomic E-state index is 11.9. The first-order chi connectivity index (χ1) is 9.33. The zero-order valence-electron chi connectivity index (χ0n) is 10.3. The molecule has 0 atom stereocenters. The predicted octanol–water partition coefficient (Wildman–Crippen LogP) is 3.47. The number of carbonyl (C=O) groups is 1. The Kier molecular flexibility index (Phi) is 3.33. The van der Waals surface area contributed by atoms with Crippen molar-refractivity contribution in [3.63, 3.8) is 0 Å². The lowest BCUT2D eigenvalue weighted by Crippen LogP contribution is -2.24. The molecule has 19 heavy (non-hydrogen) atoms. The summed E-state index contributed by atoms with van der Waals surface area (Å²) in [5, 5.41) is 5.86. The van der Waals surface area contributed by atoms with Crippen molar-refractivity contribution in [2.24, 2.45) is 0 Å². The summed E-state index contributed by atoms with van der Waals surface area (Å²) >= 11 is 1.70. The van der Waals surface area contributed by atoms with Gasteiger partial charge < -0.3 is 9.73 Å². The van der Waals surface area contributed by atoms with E-state index in [2.05, 4.69) is 11.4 Å². The van der Waals surface area contributed by atoms with Gasteiger partial charge in [0, 0.05) is 16.8 Å². The molecular weight excluding hydrogens is 258 g/mol. The minimum Gasteiger partial charge on any atom is -0.451 e. The molecule has 0 spiro atoms. The van der Waals surface area contributed by atoms with Crippen LogP contribution in [-0.4, -0.2) is 12.5 Å². The fourth-order valence-electron chi connectivity index (χ4n) is 1.93. The number of carbonyl (C=O) groups excluding carboxylic acids is 1. The van der Waals surface area contributed by atoms with Gasteiger partial charge in [0.2, 0.25) is 0 Å². The summed E-state index contributed by atoms with van der Waals surface area (Å²) < 4.78 is 5.51. The van der Waals surface area contributed by atoms with Crippen LogP contribution in [0.5, 0.6) is 0 Å². The molecule has 96 valence electrons. The maximum Gasteiger partial charge on any atom is 0.287 e. The Labute approximate surface area is 114 Å². The average molecular weight is 271 g/mol. The molecule has 1 aromatic carbocycles. The van der Waals surface area contributed by atoms with Crippen LogP contribution in [-0.2, 0) is 6.42 Å². The van der Waals surface area contributed by atoms with Crippen LogP contribution in [0.1, 0.15) is 15.4 Å². The summed E-state index contributed by atoms with van der Waals surface area (Å²) in [6, 6.07) is 13.5. The number of para-hydroxylation sites is 1. The molecule has 0 aliphatic carbocycles. The quantitative estimate of drug-likeness (QED) is 0.789. The van der Waals surface area contributed by atoms with E-state index in [1.165, 1.54) is 4.88 Å². The summed E-state index contributed by atoms with van der Waals surface area (Å²) in [6.45, 7) is 0.621. The Bertz CT molecular complexity index is 652. The van der Waals surface area contributed by atoms with Gasteiger partial charge in [-0.15, -0.1) is 11.3 Å². The van der Waals surface area contributed by atoms with Gasteiger partial charge in [-0.25, -0.2) is 0 Å². The Morgan fingerprint density at radius 1 is 1.21 bits per heavy atom. The summed E-state index contributed by atoms with van der Waals surface area (Å²) in [7, 11) is 0. The maximum atomic E-state index is 11.9. The second-order valence-electron chi connectivity index (χ2n) is 4.23. The van der Waals surface area contributed by atoms with Crippen molar-refractivity contribution in [2.45, 2.75) is 6.42 Å². The molecule has 0 unspecified atom stereocenters. The van der Waals surface area contributed by atoms with Gasteiger partial charge in [0.1, 0.15) is 5.58 Å². The molecule has 0 bridgehead atoms. The van der Waals surface area contributed by atoms with Crippen LogP contribution < -0.4 is 5.32 Å². The van der Waals surface area contributed by atoms with E-state index in [-0.39, 0.29) is 5.91 Å². The molecule has 1 amide bonds. The standard InChI is InChI=1S/C15H13NO2S/c17-15(16-8-7-12-5-3-9-19-12)14-10-11-4-1-2-6-13(11)18-14/h1-6,9-10H,7-8H2,(H,16,17). The molecule has 0 aliphatic heterocycles. The van der Waals surface area contributed by atoms with E-state index in [0.29, 0.717) is 12.3 Å². The van der Waals surface area contributed by atoms with E-state index in [4.69, 9.17) is 4.42 Å². The third-order valence-electron chi connectivity index (χ3n) is 2.89. The Morgan fingerprint density at radius 3 is 2.89 bits per heavy atom. The number of nitrogens with one attached hydrogen (secondary N) is 1. The van der Waals surface area contributed by atoms with Crippen LogP contribution in [0, 0.1) is 0 Å². The highest BCUT2D eigenvalue weighted by molar-refractivity contribution is 7.09. The van der Waals surface area contributed by atoms with E-state index in [0.717, 1.165) is 17.4 Å². The second kappa shape index (κ2) is 5.28.